The third-order valence-electron chi connectivity index (χ3n) is 2.70. The Balaban J connectivity index is 2.65. The van der Waals surface area contributed by atoms with Crippen LogP contribution in [0.3, 0.4) is 0 Å². The predicted octanol–water partition coefficient (Wildman–Crippen LogP) is 3.66. The van der Waals surface area contributed by atoms with E-state index >= 15 is 0 Å². The van der Waals surface area contributed by atoms with E-state index in [4.69, 9.17) is 11.6 Å². The molecule has 90 valence electrons. The molecule has 1 unspecified atom stereocenters. The Hall–Kier alpha value is -0.600. The average Bonchev–Trinajstić information content (AvgIpc) is 2.24. The fourth-order valence-electron chi connectivity index (χ4n) is 1.97. The van der Waals surface area contributed by atoms with Gasteiger partial charge < -0.3 is 5.32 Å². The van der Waals surface area contributed by atoms with Gasteiger partial charge in [-0.2, -0.15) is 0 Å². The first-order valence-corrected chi connectivity index (χ1v) is 6.13. The lowest BCUT2D eigenvalue weighted by Crippen LogP contribution is -2.20. The molecule has 0 saturated carbocycles. The lowest BCUT2D eigenvalue weighted by Gasteiger charge is -2.15. The molecule has 0 bridgehead atoms. The number of benzene rings is 1. The summed E-state index contributed by atoms with van der Waals surface area (Å²) in [6.45, 7) is 3.17. The highest BCUT2D eigenvalue weighted by molar-refractivity contribution is 6.30. The summed E-state index contributed by atoms with van der Waals surface area (Å²) in [6.07, 6.45) is 3.30. The first kappa shape index (κ1) is 13.5. The number of rotatable bonds is 6. The van der Waals surface area contributed by atoms with Gasteiger partial charge in [0.1, 0.15) is 5.82 Å². The summed E-state index contributed by atoms with van der Waals surface area (Å²) >= 11 is 5.76. The third-order valence-corrected chi connectivity index (χ3v) is 2.99. The molecule has 3 heteroatoms. The fraction of sp³-hybridized carbons (Fsp3) is 0.538. The molecule has 0 aliphatic carbocycles. The van der Waals surface area contributed by atoms with Gasteiger partial charge in [0.05, 0.1) is 5.02 Å². The van der Waals surface area contributed by atoms with Gasteiger partial charge in [0.2, 0.25) is 0 Å². The molecular formula is C13H19ClFN. The quantitative estimate of drug-likeness (QED) is 0.804. The Morgan fingerprint density at radius 3 is 2.75 bits per heavy atom. The topological polar surface area (TPSA) is 12.0 Å². The molecule has 0 heterocycles. The van der Waals surface area contributed by atoms with Crippen molar-refractivity contribution in [2.75, 3.05) is 13.6 Å². The summed E-state index contributed by atoms with van der Waals surface area (Å²) in [5.74, 6) is 0.252. The van der Waals surface area contributed by atoms with Crippen molar-refractivity contribution < 1.29 is 4.39 Å². The molecule has 0 saturated heterocycles. The Bertz CT molecular complexity index is 322. The lowest BCUT2D eigenvalue weighted by molar-refractivity contribution is 0.455. The van der Waals surface area contributed by atoms with Crippen molar-refractivity contribution in [3.63, 3.8) is 0 Å². The second kappa shape index (κ2) is 6.87. The molecule has 0 radical (unpaired) electrons. The zero-order valence-corrected chi connectivity index (χ0v) is 10.6. The van der Waals surface area contributed by atoms with E-state index in [2.05, 4.69) is 12.2 Å². The van der Waals surface area contributed by atoms with Crippen LogP contribution in [0.25, 0.3) is 0 Å². The van der Waals surface area contributed by atoms with E-state index in [-0.39, 0.29) is 10.8 Å². The van der Waals surface area contributed by atoms with Crippen LogP contribution in [-0.2, 0) is 6.42 Å². The molecule has 0 aliphatic heterocycles. The molecular weight excluding hydrogens is 225 g/mol. The maximum atomic E-state index is 13.0. The predicted molar refractivity (Wildman–Crippen MR) is 67.4 cm³/mol. The molecule has 1 N–H and O–H groups in total. The van der Waals surface area contributed by atoms with E-state index in [0.29, 0.717) is 5.92 Å². The van der Waals surface area contributed by atoms with Gasteiger partial charge in [-0.05, 0) is 50.0 Å². The minimum atomic E-state index is -0.342. The highest BCUT2D eigenvalue weighted by Crippen LogP contribution is 2.19. The number of hydrogen-bond donors (Lipinski definition) is 1. The largest absolute Gasteiger partial charge is 0.319 e. The Kier molecular flexibility index (Phi) is 5.78. The van der Waals surface area contributed by atoms with Gasteiger partial charge in [0.25, 0.3) is 0 Å². The monoisotopic (exact) mass is 243 g/mol. The van der Waals surface area contributed by atoms with Crippen molar-refractivity contribution >= 4 is 11.6 Å². The summed E-state index contributed by atoms with van der Waals surface area (Å²) in [4.78, 5) is 0. The Morgan fingerprint density at radius 1 is 1.44 bits per heavy atom. The van der Waals surface area contributed by atoms with Crippen LogP contribution in [0.2, 0.25) is 5.02 Å². The van der Waals surface area contributed by atoms with Crippen LogP contribution >= 0.6 is 11.6 Å². The van der Waals surface area contributed by atoms with Gasteiger partial charge in [-0.3, -0.25) is 0 Å². The van der Waals surface area contributed by atoms with Gasteiger partial charge in [-0.25, -0.2) is 4.39 Å². The summed E-state index contributed by atoms with van der Waals surface area (Å²) in [7, 11) is 1.96. The minimum absolute atomic E-state index is 0.220. The van der Waals surface area contributed by atoms with Crippen molar-refractivity contribution in [3.05, 3.63) is 34.6 Å². The van der Waals surface area contributed by atoms with E-state index < -0.39 is 0 Å². The van der Waals surface area contributed by atoms with Crippen LogP contribution in [0.4, 0.5) is 4.39 Å². The van der Waals surface area contributed by atoms with Gasteiger partial charge in [0.15, 0.2) is 0 Å². The molecule has 1 nitrogen and oxygen atoms in total. The van der Waals surface area contributed by atoms with Crippen LogP contribution in [0.15, 0.2) is 18.2 Å². The summed E-state index contributed by atoms with van der Waals surface area (Å²) in [6, 6.07) is 4.99. The van der Waals surface area contributed by atoms with E-state index in [0.717, 1.165) is 18.5 Å². The van der Waals surface area contributed by atoms with Gasteiger partial charge in [0, 0.05) is 0 Å². The normalized spacial score (nSPS) is 12.8. The number of nitrogens with one attached hydrogen (secondary N) is 1. The van der Waals surface area contributed by atoms with Gasteiger partial charge >= 0.3 is 0 Å². The molecule has 1 aromatic carbocycles. The summed E-state index contributed by atoms with van der Waals surface area (Å²) in [5.41, 5.74) is 1.11. The highest BCUT2D eigenvalue weighted by atomic mass is 35.5. The Labute approximate surface area is 102 Å². The van der Waals surface area contributed by atoms with E-state index in [1.54, 1.807) is 6.07 Å². The second-order valence-corrected chi connectivity index (χ2v) is 4.57. The summed E-state index contributed by atoms with van der Waals surface area (Å²) < 4.78 is 13.0. The van der Waals surface area contributed by atoms with E-state index in [1.165, 1.54) is 18.9 Å². The van der Waals surface area contributed by atoms with Gasteiger partial charge in [-0.1, -0.05) is 31.0 Å². The van der Waals surface area contributed by atoms with Crippen LogP contribution in [0.5, 0.6) is 0 Å². The standard InChI is InChI=1S/C13H19ClFN/c1-3-4-11(9-16-2)7-10-5-6-13(15)12(14)8-10/h5-6,8,11,16H,3-4,7,9H2,1-2H3. The molecule has 0 aliphatic rings. The van der Waals surface area contributed by atoms with Crippen LogP contribution in [0, 0.1) is 11.7 Å². The number of halogens is 2. The maximum absolute atomic E-state index is 13.0. The second-order valence-electron chi connectivity index (χ2n) is 4.16. The number of hydrogen-bond acceptors (Lipinski definition) is 1. The van der Waals surface area contributed by atoms with Crippen LogP contribution in [-0.4, -0.2) is 13.6 Å². The average molecular weight is 244 g/mol. The molecule has 0 aromatic heterocycles. The molecule has 0 amide bonds. The summed E-state index contributed by atoms with van der Waals surface area (Å²) in [5, 5.41) is 3.41. The van der Waals surface area contributed by atoms with E-state index in [1.807, 2.05) is 13.1 Å². The van der Waals surface area contributed by atoms with Crippen molar-refractivity contribution in [1.82, 2.24) is 5.32 Å². The van der Waals surface area contributed by atoms with Crippen LogP contribution in [0.1, 0.15) is 25.3 Å². The lowest BCUT2D eigenvalue weighted by atomic mass is 9.95. The van der Waals surface area contributed by atoms with Crippen molar-refractivity contribution in [3.8, 4) is 0 Å². The van der Waals surface area contributed by atoms with Crippen molar-refractivity contribution in [1.29, 1.82) is 0 Å². The fourth-order valence-corrected chi connectivity index (χ4v) is 2.18. The van der Waals surface area contributed by atoms with Crippen molar-refractivity contribution in [2.45, 2.75) is 26.2 Å². The SMILES string of the molecule is CCCC(CNC)Cc1ccc(F)c(Cl)c1. The third kappa shape index (κ3) is 4.11. The molecule has 0 spiro atoms. The molecule has 16 heavy (non-hydrogen) atoms. The van der Waals surface area contributed by atoms with Gasteiger partial charge in [-0.15, -0.1) is 0 Å². The van der Waals surface area contributed by atoms with Crippen LogP contribution < -0.4 is 5.32 Å². The molecule has 1 rings (SSSR count). The maximum Gasteiger partial charge on any atom is 0.141 e. The molecule has 1 atom stereocenters. The zero-order chi connectivity index (χ0) is 12.0. The molecule has 0 fully saturated rings. The van der Waals surface area contributed by atoms with E-state index in [9.17, 15) is 4.39 Å². The highest BCUT2D eigenvalue weighted by Gasteiger charge is 2.09. The van der Waals surface area contributed by atoms with Crippen molar-refractivity contribution in [2.24, 2.45) is 5.92 Å². The first-order chi connectivity index (χ1) is 7.67. The zero-order valence-electron chi connectivity index (χ0n) is 9.89. The first-order valence-electron chi connectivity index (χ1n) is 5.75. The Morgan fingerprint density at radius 2 is 2.19 bits per heavy atom. The minimum Gasteiger partial charge on any atom is -0.319 e. The molecule has 1 aromatic rings. The smallest absolute Gasteiger partial charge is 0.141 e.